The Hall–Kier alpha value is -2.82. The highest BCUT2D eigenvalue weighted by molar-refractivity contribution is 5.90. The van der Waals surface area contributed by atoms with Gasteiger partial charge in [-0.1, -0.05) is 13.3 Å². The Labute approximate surface area is 174 Å². The fraction of sp³-hybridized carbons (Fsp3) is 0.450. The van der Waals surface area contributed by atoms with E-state index in [1.807, 2.05) is 6.92 Å². The standard InChI is InChI=1S/C20H21F5N6/c1-2-4-12-9-31(11-19(21,22)10-27-12)15-7-6-14(20(23,24)25)17(28-15)16-13-5-3-8-26-18(13)30-29-16/h3,5-8,12,27H,2,4,9-11H2,1H3,(H,26,29,30)/t12-/m0/s1. The van der Waals surface area contributed by atoms with Crippen LogP contribution in [0.3, 0.4) is 0 Å². The number of hydrogen-bond donors (Lipinski definition) is 2. The molecule has 6 nitrogen and oxygen atoms in total. The molecule has 0 spiro atoms. The van der Waals surface area contributed by atoms with E-state index in [0.717, 1.165) is 18.6 Å². The van der Waals surface area contributed by atoms with E-state index < -0.39 is 36.4 Å². The summed E-state index contributed by atoms with van der Waals surface area (Å²) >= 11 is 0. The molecule has 0 bridgehead atoms. The van der Waals surface area contributed by atoms with Crippen molar-refractivity contribution in [2.45, 2.75) is 37.9 Å². The third kappa shape index (κ3) is 4.46. The zero-order valence-corrected chi connectivity index (χ0v) is 16.7. The third-order valence-electron chi connectivity index (χ3n) is 5.23. The maximum Gasteiger partial charge on any atom is 0.418 e. The van der Waals surface area contributed by atoms with E-state index in [2.05, 4.69) is 25.5 Å². The lowest BCUT2D eigenvalue weighted by molar-refractivity contribution is -0.137. The molecule has 4 heterocycles. The number of aromatic nitrogens is 4. The average molecular weight is 440 g/mol. The molecule has 1 aliphatic heterocycles. The Morgan fingerprint density at radius 2 is 2.03 bits per heavy atom. The number of aromatic amines is 1. The van der Waals surface area contributed by atoms with E-state index in [0.29, 0.717) is 11.8 Å². The van der Waals surface area contributed by atoms with Crippen molar-refractivity contribution in [2.75, 3.05) is 24.5 Å². The van der Waals surface area contributed by atoms with Gasteiger partial charge in [0.05, 0.1) is 24.3 Å². The zero-order valence-electron chi connectivity index (χ0n) is 16.7. The first kappa shape index (κ1) is 21.4. The minimum atomic E-state index is -4.68. The smallest absolute Gasteiger partial charge is 0.349 e. The van der Waals surface area contributed by atoms with E-state index in [1.165, 1.54) is 11.1 Å². The van der Waals surface area contributed by atoms with Crippen molar-refractivity contribution < 1.29 is 22.0 Å². The number of halogens is 5. The SMILES string of the molecule is CCC[C@H]1CN(c2ccc(C(F)(F)F)c(-c3[nH]nc4ncccc34)n2)CC(F)(F)CN1. The van der Waals surface area contributed by atoms with Crippen LogP contribution >= 0.6 is 0 Å². The van der Waals surface area contributed by atoms with Crippen LogP contribution in [0.15, 0.2) is 30.5 Å². The molecule has 166 valence electrons. The van der Waals surface area contributed by atoms with Gasteiger partial charge in [0.25, 0.3) is 5.92 Å². The van der Waals surface area contributed by atoms with E-state index in [4.69, 9.17) is 0 Å². The summed E-state index contributed by atoms with van der Waals surface area (Å²) in [6.45, 7) is 1.04. The largest absolute Gasteiger partial charge is 0.418 e. The molecule has 3 aromatic rings. The summed E-state index contributed by atoms with van der Waals surface area (Å²) in [5.74, 6) is -2.99. The average Bonchev–Trinajstić information content (AvgIpc) is 3.07. The molecule has 1 aliphatic rings. The van der Waals surface area contributed by atoms with E-state index in [9.17, 15) is 22.0 Å². The quantitative estimate of drug-likeness (QED) is 0.594. The molecule has 1 atom stereocenters. The van der Waals surface area contributed by atoms with Crippen LogP contribution in [-0.4, -0.2) is 51.8 Å². The van der Waals surface area contributed by atoms with Crippen LogP contribution in [-0.2, 0) is 6.18 Å². The van der Waals surface area contributed by atoms with Gasteiger partial charge in [-0.2, -0.15) is 18.3 Å². The van der Waals surface area contributed by atoms with Crippen LogP contribution in [0.2, 0.25) is 0 Å². The van der Waals surface area contributed by atoms with Crippen LogP contribution in [0, 0.1) is 0 Å². The molecule has 0 radical (unpaired) electrons. The molecule has 4 rings (SSSR count). The lowest BCUT2D eigenvalue weighted by Crippen LogP contribution is -2.38. The number of rotatable bonds is 4. The molecule has 0 unspecified atom stereocenters. The van der Waals surface area contributed by atoms with Gasteiger partial charge in [0.15, 0.2) is 5.65 Å². The molecule has 1 saturated heterocycles. The van der Waals surface area contributed by atoms with Gasteiger partial charge in [-0.25, -0.2) is 18.7 Å². The number of anilines is 1. The molecule has 0 saturated carbocycles. The van der Waals surface area contributed by atoms with Crippen molar-refractivity contribution in [1.29, 1.82) is 0 Å². The molecule has 31 heavy (non-hydrogen) atoms. The maximum atomic E-state index is 14.3. The molecular formula is C20H21F5N6. The van der Waals surface area contributed by atoms with Crippen molar-refractivity contribution in [2.24, 2.45) is 0 Å². The monoisotopic (exact) mass is 440 g/mol. The predicted molar refractivity (Wildman–Crippen MR) is 106 cm³/mol. The zero-order chi connectivity index (χ0) is 22.2. The molecule has 0 aliphatic carbocycles. The van der Waals surface area contributed by atoms with Crippen molar-refractivity contribution in [3.05, 3.63) is 36.0 Å². The summed E-state index contributed by atoms with van der Waals surface area (Å²) in [5.41, 5.74) is -1.09. The Balaban J connectivity index is 1.82. The topological polar surface area (TPSA) is 69.7 Å². The van der Waals surface area contributed by atoms with E-state index >= 15 is 0 Å². The Morgan fingerprint density at radius 1 is 1.23 bits per heavy atom. The number of H-pyrrole nitrogens is 1. The van der Waals surface area contributed by atoms with Crippen LogP contribution in [0.5, 0.6) is 0 Å². The van der Waals surface area contributed by atoms with Crippen LogP contribution in [0.25, 0.3) is 22.4 Å². The Kier molecular flexibility index (Phi) is 5.54. The summed E-state index contributed by atoms with van der Waals surface area (Å²) < 4.78 is 69.9. The first-order chi connectivity index (χ1) is 14.7. The Morgan fingerprint density at radius 3 is 2.77 bits per heavy atom. The summed E-state index contributed by atoms with van der Waals surface area (Å²) in [6, 6.07) is 4.97. The first-order valence-electron chi connectivity index (χ1n) is 9.92. The number of pyridine rings is 2. The van der Waals surface area contributed by atoms with Gasteiger partial charge >= 0.3 is 6.18 Å². The summed E-state index contributed by atoms with van der Waals surface area (Å²) in [6.07, 6.45) is -1.76. The molecule has 3 aromatic heterocycles. The van der Waals surface area contributed by atoms with Gasteiger partial charge < -0.3 is 10.2 Å². The fourth-order valence-electron chi connectivity index (χ4n) is 3.82. The predicted octanol–water partition coefficient (Wildman–Crippen LogP) is 4.25. The highest BCUT2D eigenvalue weighted by atomic mass is 19.4. The Bertz CT molecular complexity index is 1060. The van der Waals surface area contributed by atoms with Crippen molar-refractivity contribution in [3.63, 3.8) is 0 Å². The molecule has 1 fully saturated rings. The van der Waals surface area contributed by atoms with Gasteiger partial charge in [0.2, 0.25) is 0 Å². The normalized spacial score (nSPS) is 19.5. The van der Waals surface area contributed by atoms with Gasteiger partial charge in [0, 0.05) is 24.2 Å². The van der Waals surface area contributed by atoms with Crippen LogP contribution in [0.1, 0.15) is 25.3 Å². The minimum absolute atomic E-state index is 0.0436. The molecule has 11 heteroatoms. The van der Waals surface area contributed by atoms with Crippen LogP contribution < -0.4 is 10.2 Å². The highest BCUT2D eigenvalue weighted by Gasteiger charge is 2.39. The van der Waals surface area contributed by atoms with Gasteiger partial charge in [0.1, 0.15) is 11.5 Å². The number of fused-ring (bicyclic) bond motifs is 1. The molecular weight excluding hydrogens is 419 g/mol. The second-order valence-electron chi connectivity index (χ2n) is 7.64. The van der Waals surface area contributed by atoms with Gasteiger partial charge in [-0.05, 0) is 30.7 Å². The fourth-order valence-corrected chi connectivity index (χ4v) is 3.82. The minimum Gasteiger partial charge on any atom is -0.349 e. The molecule has 2 N–H and O–H groups in total. The van der Waals surface area contributed by atoms with Gasteiger partial charge in [-0.15, -0.1) is 0 Å². The van der Waals surface area contributed by atoms with E-state index in [-0.39, 0.29) is 29.7 Å². The first-order valence-corrected chi connectivity index (χ1v) is 9.92. The summed E-state index contributed by atoms with van der Waals surface area (Å²) in [4.78, 5) is 9.58. The summed E-state index contributed by atoms with van der Waals surface area (Å²) in [5, 5.41) is 9.74. The van der Waals surface area contributed by atoms with Gasteiger partial charge in [-0.3, -0.25) is 5.10 Å². The van der Waals surface area contributed by atoms with Crippen molar-refractivity contribution in [3.8, 4) is 11.4 Å². The summed E-state index contributed by atoms with van der Waals surface area (Å²) in [7, 11) is 0. The number of hydrogen-bond acceptors (Lipinski definition) is 5. The maximum absolute atomic E-state index is 14.3. The second-order valence-corrected chi connectivity index (χ2v) is 7.64. The lowest BCUT2D eigenvalue weighted by Gasteiger charge is -2.27. The number of alkyl halides is 5. The van der Waals surface area contributed by atoms with Crippen molar-refractivity contribution >= 4 is 16.9 Å². The lowest BCUT2D eigenvalue weighted by atomic mass is 10.1. The molecule has 0 aromatic carbocycles. The molecule has 0 amide bonds. The van der Waals surface area contributed by atoms with E-state index in [1.54, 1.807) is 12.1 Å². The number of nitrogens with one attached hydrogen (secondary N) is 2. The third-order valence-corrected chi connectivity index (χ3v) is 5.23. The highest BCUT2D eigenvalue weighted by Crippen LogP contribution is 2.39. The van der Waals surface area contributed by atoms with Crippen molar-refractivity contribution in [1.82, 2.24) is 25.5 Å². The van der Waals surface area contributed by atoms with Crippen LogP contribution in [0.4, 0.5) is 27.8 Å². The second kappa shape index (κ2) is 8.03. The number of nitrogens with zero attached hydrogens (tertiary/aromatic N) is 4.